The molecule has 1 aliphatic heterocycles. The number of hydrogen-bond donors (Lipinski definition) is 1. The number of rotatable bonds is 3. The largest absolute Gasteiger partial charge is 0.374 e. The van der Waals surface area contributed by atoms with Gasteiger partial charge in [-0.3, -0.25) is 9.89 Å². The maximum Gasteiger partial charge on any atom is 0.258 e. The molecule has 1 N–H and O–H groups in total. The first-order valence-corrected chi connectivity index (χ1v) is 7.91. The van der Waals surface area contributed by atoms with Crippen LogP contribution in [0.2, 0.25) is 0 Å². The fraction of sp³-hybridized carbons (Fsp3) is 0.600. The summed E-state index contributed by atoms with van der Waals surface area (Å²) < 4.78 is 11.0. The van der Waals surface area contributed by atoms with Gasteiger partial charge >= 0.3 is 0 Å². The Kier molecular flexibility index (Phi) is 3.41. The number of H-pyrrole nitrogens is 1. The lowest BCUT2D eigenvalue weighted by atomic mass is 10.1. The van der Waals surface area contributed by atoms with E-state index in [9.17, 15) is 4.79 Å². The predicted molar refractivity (Wildman–Crippen MR) is 78.8 cm³/mol. The van der Waals surface area contributed by atoms with Gasteiger partial charge < -0.3 is 14.2 Å². The number of hydrogen-bond acceptors (Lipinski definition) is 6. The molecule has 3 heterocycles. The summed E-state index contributed by atoms with van der Waals surface area (Å²) in [6.45, 7) is 4.66. The van der Waals surface area contributed by atoms with E-state index in [2.05, 4.69) is 20.3 Å². The van der Waals surface area contributed by atoms with E-state index in [0.717, 1.165) is 18.5 Å². The summed E-state index contributed by atoms with van der Waals surface area (Å²) in [5.74, 6) is 1.34. The van der Waals surface area contributed by atoms with Crippen molar-refractivity contribution >= 4 is 5.91 Å². The van der Waals surface area contributed by atoms with Gasteiger partial charge in [0.15, 0.2) is 5.82 Å². The van der Waals surface area contributed by atoms with Gasteiger partial charge in [0.05, 0.1) is 30.2 Å². The van der Waals surface area contributed by atoms with Gasteiger partial charge in [-0.1, -0.05) is 5.16 Å². The average Bonchev–Trinajstić information content (AvgIpc) is 3.11. The first kappa shape index (κ1) is 14.4. The Morgan fingerprint density at radius 3 is 2.96 bits per heavy atom. The highest BCUT2D eigenvalue weighted by Gasteiger charge is 2.40. The summed E-state index contributed by atoms with van der Waals surface area (Å²) in [7, 11) is 0. The zero-order valence-electron chi connectivity index (χ0n) is 13.2. The van der Waals surface area contributed by atoms with Crippen molar-refractivity contribution in [2.75, 3.05) is 13.2 Å². The number of amides is 1. The fourth-order valence-electron chi connectivity index (χ4n) is 3.12. The second kappa shape index (κ2) is 5.45. The van der Waals surface area contributed by atoms with Crippen LogP contribution < -0.4 is 0 Å². The summed E-state index contributed by atoms with van der Waals surface area (Å²) in [5.41, 5.74) is 1.58. The first-order valence-electron chi connectivity index (χ1n) is 7.91. The third-order valence-electron chi connectivity index (χ3n) is 4.44. The van der Waals surface area contributed by atoms with Crippen LogP contribution in [0.4, 0.5) is 0 Å². The molecular weight excluding hydrogens is 298 g/mol. The number of aryl methyl sites for hydroxylation is 1. The smallest absolute Gasteiger partial charge is 0.258 e. The van der Waals surface area contributed by atoms with Crippen LogP contribution in [0.25, 0.3) is 0 Å². The zero-order valence-corrected chi connectivity index (χ0v) is 13.2. The highest BCUT2D eigenvalue weighted by Crippen LogP contribution is 2.41. The van der Waals surface area contributed by atoms with Crippen LogP contribution in [0, 0.1) is 6.92 Å². The van der Waals surface area contributed by atoms with Crippen molar-refractivity contribution in [3.05, 3.63) is 29.2 Å². The highest BCUT2D eigenvalue weighted by atomic mass is 16.5. The van der Waals surface area contributed by atoms with Crippen molar-refractivity contribution in [2.45, 2.75) is 44.8 Å². The Morgan fingerprint density at radius 1 is 1.43 bits per heavy atom. The minimum absolute atomic E-state index is 0.0587. The summed E-state index contributed by atoms with van der Waals surface area (Å²) in [6, 6.07) is -0.376. The summed E-state index contributed by atoms with van der Waals surface area (Å²) >= 11 is 0. The van der Waals surface area contributed by atoms with E-state index in [1.54, 1.807) is 18.0 Å². The van der Waals surface area contributed by atoms with E-state index >= 15 is 0 Å². The third kappa shape index (κ3) is 2.52. The lowest BCUT2D eigenvalue weighted by Gasteiger charge is -2.37. The number of nitrogens with one attached hydrogen (secondary N) is 1. The van der Waals surface area contributed by atoms with Crippen LogP contribution in [0.3, 0.4) is 0 Å². The van der Waals surface area contributed by atoms with Gasteiger partial charge in [-0.15, -0.1) is 0 Å². The Labute approximate surface area is 133 Å². The first-order chi connectivity index (χ1) is 11.1. The van der Waals surface area contributed by atoms with Crippen LogP contribution in [-0.2, 0) is 4.74 Å². The quantitative estimate of drug-likeness (QED) is 0.923. The molecule has 1 saturated carbocycles. The molecule has 1 amide bonds. The van der Waals surface area contributed by atoms with E-state index in [1.807, 2.05) is 6.92 Å². The van der Waals surface area contributed by atoms with Crippen molar-refractivity contribution in [1.29, 1.82) is 0 Å². The molecule has 122 valence electrons. The van der Waals surface area contributed by atoms with Crippen LogP contribution in [-0.4, -0.2) is 50.4 Å². The number of morpholine rings is 1. The summed E-state index contributed by atoms with van der Waals surface area (Å²) in [6.07, 6.45) is 3.62. The van der Waals surface area contributed by atoms with Crippen molar-refractivity contribution in [2.24, 2.45) is 0 Å². The Morgan fingerprint density at radius 2 is 2.26 bits per heavy atom. The van der Waals surface area contributed by atoms with Crippen LogP contribution in [0.5, 0.6) is 0 Å². The molecule has 23 heavy (non-hydrogen) atoms. The van der Waals surface area contributed by atoms with Crippen LogP contribution in [0.15, 0.2) is 10.7 Å². The second-order valence-corrected chi connectivity index (χ2v) is 6.17. The molecule has 0 unspecified atom stereocenters. The van der Waals surface area contributed by atoms with E-state index in [-0.39, 0.29) is 18.1 Å². The highest BCUT2D eigenvalue weighted by molar-refractivity contribution is 5.95. The van der Waals surface area contributed by atoms with Gasteiger partial charge in [0.25, 0.3) is 11.8 Å². The number of aromatic amines is 1. The van der Waals surface area contributed by atoms with E-state index in [4.69, 9.17) is 9.26 Å². The normalized spacial score (nSPS) is 24.9. The maximum atomic E-state index is 13.1. The van der Waals surface area contributed by atoms with Crippen LogP contribution in [0.1, 0.15) is 59.5 Å². The molecule has 2 aromatic heterocycles. The molecular formula is C15H19N5O3. The van der Waals surface area contributed by atoms with E-state index in [0.29, 0.717) is 36.3 Å². The average molecular weight is 317 g/mol. The molecule has 2 atom stereocenters. The summed E-state index contributed by atoms with van der Waals surface area (Å²) in [4.78, 5) is 19.1. The zero-order chi connectivity index (χ0) is 16.0. The lowest BCUT2D eigenvalue weighted by molar-refractivity contribution is -0.0600. The number of carbonyl (C=O) groups is 1. The van der Waals surface area contributed by atoms with Crippen molar-refractivity contribution in [3.63, 3.8) is 0 Å². The maximum absolute atomic E-state index is 13.1. The molecule has 0 bridgehead atoms. The van der Waals surface area contributed by atoms with Crippen molar-refractivity contribution in [3.8, 4) is 0 Å². The van der Waals surface area contributed by atoms with Gasteiger partial charge in [0.2, 0.25) is 0 Å². The standard InChI is InChI=1S/C15H19N5O3/c1-8-13(14-17-9(2)19-23-14)20(5-6-22-8)15(21)11-7-16-18-12(11)10-3-4-10/h7-8,10,13H,3-6H2,1-2H3,(H,16,18)/t8-,13+/m1/s1. The van der Waals surface area contributed by atoms with Gasteiger partial charge in [0.1, 0.15) is 6.04 Å². The van der Waals surface area contributed by atoms with E-state index in [1.165, 1.54) is 0 Å². The molecule has 0 radical (unpaired) electrons. The van der Waals surface area contributed by atoms with E-state index < -0.39 is 0 Å². The molecule has 4 rings (SSSR count). The van der Waals surface area contributed by atoms with Gasteiger partial charge in [-0.25, -0.2) is 0 Å². The Balaban J connectivity index is 1.66. The molecule has 8 nitrogen and oxygen atoms in total. The van der Waals surface area contributed by atoms with Gasteiger partial charge in [-0.2, -0.15) is 10.1 Å². The number of nitrogens with zero attached hydrogens (tertiary/aromatic N) is 4. The summed E-state index contributed by atoms with van der Waals surface area (Å²) in [5, 5.41) is 10.9. The minimum Gasteiger partial charge on any atom is -0.374 e. The van der Waals surface area contributed by atoms with Gasteiger partial charge in [-0.05, 0) is 26.7 Å². The lowest BCUT2D eigenvalue weighted by Crippen LogP contribution is -2.47. The molecule has 2 aliphatic rings. The SMILES string of the molecule is Cc1noc([C@@H]2[C@@H](C)OCCN2C(=O)c2cn[nH]c2C2CC2)n1. The molecule has 2 aromatic rings. The molecule has 0 spiro atoms. The topological polar surface area (TPSA) is 97.1 Å². The van der Waals surface area contributed by atoms with Crippen molar-refractivity contribution < 1.29 is 14.1 Å². The fourth-order valence-corrected chi connectivity index (χ4v) is 3.12. The molecule has 0 aromatic carbocycles. The molecule has 1 aliphatic carbocycles. The van der Waals surface area contributed by atoms with Crippen molar-refractivity contribution in [1.82, 2.24) is 25.2 Å². The second-order valence-electron chi connectivity index (χ2n) is 6.17. The predicted octanol–water partition coefficient (Wildman–Crippen LogP) is 1.58. The van der Waals surface area contributed by atoms with Gasteiger partial charge in [0, 0.05) is 12.5 Å². The molecule has 2 fully saturated rings. The minimum atomic E-state index is -0.376. The van der Waals surface area contributed by atoms with Crippen LogP contribution >= 0.6 is 0 Å². The Hall–Kier alpha value is -2.22. The monoisotopic (exact) mass is 317 g/mol. The number of ether oxygens (including phenoxy) is 1. The third-order valence-corrected chi connectivity index (χ3v) is 4.44. The molecule has 8 heteroatoms. The number of aromatic nitrogens is 4. The number of carbonyl (C=O) groups excluding carboxylic acids is 1. The molecule has 1 saturated heterocycles. The Bertz CT molecular complexity index is 720.